The summed E-state index contributed by atoms with van der Waals surface area (Å²) in [7, 11) is 4.59. The maximum absolute atomic E-state index is 12.4. The summed E-state index contributed by atoms with van der Waals surface area (Å²) in [4.78, 5) is 12.4. The van der Waals surface area contributed by atoms with Gasteiger partial charge in [0.1, 0.15) is 11.5 Å². The third-order valence-corrected chi connectivity index (χ3v) is 4.11. The minimum absolute atomic E-state index is 0.209. The van der Waals surface area contributed by atoms with Crippen molar-refractivity contribution >= 4 is 11.7 Å². The van der Waals surface area contributed by atoms with Crippen molar-refractivity contribution < 1.29 is 19.0 Å². The van der Waals surface area contributed by atoms with Crippen LogP contribution < -0.4 is 4.74 Å². The second kappa shape index (κ2) is 6.16. The molecule has 4 heteroatoms. The third kappa shape index (κ3) is 2.46. The zero-order valence-corrected chi connectivity index (χ0v) is 13.3. The summed E-state index contributed by atoms with van der Waals surface area (Å²) < 4.78 is 15.7. The van der Waals surface area contributed by atoms with Crippen molar-refractivity contribution in [3.05, 3.63) is 70.8 Å². The van der Waals surface area contributed by atoms with Crippen molar-refractivity contribution in [2.45, 2.75) is 5.92 Å². The molecule has 0 radical (unpaired) electrons. The number of carbonyl (C=O) groups excluding carboxylic acids is 1. The van der Waals surface area contributed by atoms with Crippen LogP contribution in [0.1, 0.15) is 22.6 Å². The quantitative estimate of drug-likeness (QED) is 0.812. The van der Waals surface area contributed by atoms with E-state index in [1.54, 1.807) is 14.2 Å². The predicted octanol–water partition coefficient (Wildman–Crippen LogP) is 3.37. The van der Waals surface area contributed by atoms with Crippen LogP contribution in [0.15, 0.2) is 54.1 Å². The Bertz CT molecular complexity index is 759. The van der Waals surface area contributed by atoms with Gasteiger partial charge in [-0.2, -0.15) is 0 Å². The van der Waals surface area contributed by atoms with E-state index >= 15 is 0 Å². The summed E-state index contributed by atoms with van der Waals surface area (Å²) in [6.07, 6.45) is 0. The highest BCUT2D eigenvalue weighted by atomic mass is 16.5. The molecule has 0 spiro atoms. The van der Waals surface area contributed by atoms with Crippen molar-refractivity contribution in [2.24, 2.45) is 0 Å². The molecule has 1 aliphatic rings. The average Bonchev–Trinajstić information content (AvgIpc) is 2.95. The van der Waals surface area contributed by atoms with E-state index in [1.807, 2.05) is 48.5 Å². The number of carbonyl (C=O) groups is 1. The lowest BCUT2D eigenvalue weighted by molar-refractivity contribution is -0.136. The van der Waals surface area contributed by atoms with Gasteiger partial charge >= 0.3 is 5.97 Å². The Balaban J connectivity index is 2.18. The van der Waals surface area contributed by atoms with Gasteiger partial charge < -0.3 is 14.2 Å². The second-order valence-corrected chi connectivity index (χ2v) is 5.23. The van der Waals surface area contributed by atoms with Gasteiger partial charge in [0.15, 0.2) is 0 Å². The van der Waals surface area contributed by atoms with E-state index in [0.29, 0.717) is 11.3 Å². The first kappa shape index (κ1) is 15.2. The molecule has 23 heavy (non-hydrogen) atoms. The normalized spacial score (nSPS) is 16.0. The van der Waals surface area contributed by atoms with Crippen LogP contribution in [0.25, 0.3) is 5.76 Å². The van der Waals surface area contributed by atoms with E-state index in [9.17, 15) is 4.79 Å². The fourth-order valence-corrected chi connectivity index (χ4v) is 3.07. The molecule has 1 aliphatic carbocycles. The van der Waals surface area contributed by atoms with E-state index in [0.717, 1.165) is 22.4 Å². The van der Waals surface area contributed by atoms with Crippen LogP contribution in [0.2, 0.25) is 0 Å². The van der Waals surface area contributed by atoms with E-state index in [4.69, 9.17) is 14.2 Å². The first-order chi connectivity index (χ1) is 11.2. The Hall–Kier alpha value is -2.75. The highest BCUT2D eigenvalue weighted by Crippen LogP contribution is 2.46. The number of hydrogen-bond acceptors (Lipinski definition) is 4. The first-order valence-corrected chi connectivity index (χ1v) is 7.31. The van der Waals surface area contributed by atoms with E-state index in [1.165, 1.54) is 7.11 Å². The van der Waals surface area contributed by atoms with Gasteiger partial charge in [0, 0.05) is 11.5 Å². The lowest BCUT2D eigenvalue weighted by Crippen LogP contribution is -2.12. The van der Waals surface area contributed by atoms with Gasteiger partial charge in [0.05, 0.1) is 26.9 Å². The van der Waals surface area contributed by atoms with E-state index in [-0.39, 0.29) is 11.9 Å². The van der Waals surface area contributed by atoms with E-state index in [2.05, 4.69) is 0 Å². The third-order valence-electron chi connectivity index (χ3n) is 4.11. The topological polar surface area (TPSA) is 44.8 Å². The molecule has 0 bridgehead atoms. The first-order valence-electron chi connectivity index (χ1n) is 7.31. The maximum Gasteiger partial charge on any atom is 0.338 e. The van der Waals surface area contributed by atoms with Crippen molar-refractivity contribution in [3.8, 4) is 5.75 Å². The SMILES string of the molecule is COC(=O)C1=C(OC)c2ccccc2C1c1ccc(OC)cc1. The Morgan fingerprint density at radius 1 is 0.913 bits per heavy atom. The molecule has 0 saturated heterocycles. The summed E-state index contributed by atoms with van der Waals surface area (Å²) >= 11 is 0. The van der Waals surface area contributed by atoms with Gasteiger partial charge in [0.2, 0.25) is 0 Å². The molecule has 1 unspecified atom stereocenters. The summed E-state index contributed by atoms with van der Waals surface area (Å²) in [6, 6.07) is 15.6. The molecule has 0 heterocycles. The number of fused-ring (bicyclic) bond motifs is 1. The van der Waals surface area contributed by atoms with Gasteiger partial charge in [0.25, 0.3) is 0 Å². The van der Waals surface area contributed by atoms with Gasteiger partial charge in [-0.15, -0.1) is 0 Å². The number of methoxy groups -OCH3 is 3. The van der Waals surface area contributed by atoms with E-state index < -0.39 is 0 Å². The smallest absolute Gasteiger partial charge is 0.338 e. The van der Waals surface area contributed by atoms with Crippen LogP contribution in [0, 0.1) is 0 Å². The monoisotopic (exact) mass is 310 g/mol. The van der Waals surface area contributed by atoms with Gasteiger partial charge in [-0.25, -0.2) is 4.79 Å². The fraction of sp³-hybridized carbons (Fsp3) is 0.211. The standard InChI is InChI=1S/C19H18O4/c1-21-13-10-8-12(9-11-13)16-14-6-4-5-7-15(14)18(22-2)17(16)19(20)23-3/h4-11,16H,1-3H3. The summed E-state index contributed by atoms with van der Waals surface area (Å²) in [5.74, 6) is 0.766. The van der Waals surface area contributed by atoms with Gasteiger partial charge in [-0.3, -0.25) is 0 Å². The van der Waals surface area contributed by atoms with Crippen molar-refractivity contribution in [1.29, 1.82) is 0 Å². The molecule has 4 nitrogen and oxygen atoms in total. The van der Waals surface area contributed by atoms with Crippen LogP contribution in [0.4, 0.5) is 0 Å². The molecule has 0 N–H and O–H groups in total. The number of ether oxygens (including phenoxy) is 3. The predicted molar refractivity (Wildman–Crippen MR) is 87.2 cm³/mol. The minimum Gasteiger partial charge on any atom is -0.497 e. The molecule has 0 amide bonds. The molecule has 3 rings (SSSR count). The number of hydrogen-bond donors (Lipinski definition) is 0. The van der Waals surface area contributed by atoms with Crippen molar-refractivity contribution in [1.82, 2.24) is 0 Å². The van der Waals surface area contributed by atoms with Crippen LogP contribution in [-0.4, -0.2) is 27.3 Å². The molecule has 0 aliphatic heterocycles. The Morgan fingerprint density at radius 3 is 2.22 bits per heavy atom. The summed E-state index contributed by atoms with van der Waals surface area (Å²) in [6.45, 7) is 0. The lowest BCUT2D eigenvalue weighted by atomic mass is 9.88. The number of rotatable bonds is 4. The minimum atomic E-state index is -0.376. The largest absolute Gasteiger partial charge is 0.497 e. The molecule has 0 aromatic heterocycles. The fourth-order valence-electron chi connectivity index (χ4n) is 3.07. The molecular formula is C19H18O4. The maximum atomic E-state index is 12.4. The molecule has 118 valence electrons. The van der Waals surface area contributed by atoms with Gasteiger partial charge in [-0.05, 0) is 23.3 Å². The summed E-state index contributed by atoms with van der Waals surface area (Å²) in [5.41, 5.74) is 3.48. The lowest BCUT2D eigenvalue weighted by Gasteiger charge is -2.16. The van der Waals surface area contributed by atoms with Crippen LogP contribution in [0.3, 0.4) is 0 Å². The van der Waals surface area contributed by atoms with Crippen LogP contribution in [-0.2, 0) is 14.3 Å². The molecule has 0 saturated carbocycles. The van der Waals surface area contributed by atoms with Crippen molar-refractivity contribution in [3.63, 3.8) is 0 Å². The number of esters is 1. The molecule has 2 aromatic rings. The average molecular weight is 310 g/mol. The number of benzene rings is 2. The van der Waals surface area contributed by atoms with Gasteiger partial charge in [-0.1, -0.05) is 36.4 Å². The van der Waals surface area contributed by atoms with Crippen LogP contribution in [0.5, 0.6) is 5.75 Å². The van der Waals surface area contributed by atoms with Crippen LogP contribution >= 0.6 is 0 Å². The zero-order chi connectivity index (χ0) is 16.4. The summed E-state index contributed by atoms with van der Waals surface area (Å²) in [5, 5.41) is 0. The Morgan fingerprint density at radius 2 is 1.61 bits per heavy atom. The molecule has 2 aromatic carbocycles. The zero-order valence-electron chi connectivity index (χ0n) is 13.3. The highest BCUT2D eigenvalue weighted by molar-refractivity contribution is 6.02. The molecular weight excluding hydrogens is 292 g/mol. The Kier molecular flexibility index (Phi) is 4.06. The van der Waals surface area contributed by atoms with Crippen molar-refractivity contribution in [2.75, 3.05) is 21.3 Å². The molecule has 0 fully saturated rings. The molecule has 1 atom stereocenters. The second-order valence-electron chi connectivity index (χ2n) is 5.23. The Labute approximate surface area is 135 Å². The highest BCUT2D eigenvalue weighted by Gasteiger charge is 2.37.